The van der Waals surface area contributed by atoms with Gasteiger partial charge in [-0.15, -0.1) is 0 Å². The second-order valence-corrected chi connectivity index (χ2v) is 6.33. The zero-order valence-electron chi connectivity index (χ0n) is 9.22. The van der Waals surface area contributed by atoms with Crippen LogP contribution in [0.5, 0.6) is 0 Å². The zero-order valence-corrected chi connectivity index (χ0v) is 10.0. The Kier molecular flexibility index (Phi) is 5.01. The highest BCUT2D eigenvalue weighted by Crippen LogP contribution is 2.11. The van der Waals surface area contributed by atoms with Crippen LogP contribution in [0.1, 0.15) is 25.7 Å². The lowest BCUT2D eigenvalue weighted by Crippen LogP contribution is -2.30. The van der Waals surface area contributed by atoms with Crippen molar-refractivity contribution in [3.05, 3.63) is 0 Å². The SMILES string of the molecule is NC(CCCCNC1CCS(=O)(=O)C1)=NO. The summed E-state index contributed by atoms with van der Waals surface area (Å²) in [5.41, 5.74) is 5.31. The van der Waals surface area contributed by atoms with Gasteiger partial charge in [0.15, 0.2) is 9.84 Å². The van der Waals surface area contributed by atoms with E-state index < -0.39 is 9.84 Å². The number of oxime groups is 1. The van der Waals surface area contributed by atoms with E-state index in [9.17, 15) is 8.42 Å². The van der Waals surface area contributed by atoms with Crippen molar-refractivity contribution in [2.24, 2.45) is 10.9 Å². The van der Waals surface area contributed by atoms with Crippen molar-refractivity contribution in [3.8, 4) is 0 Å². The van der Waals surface area contributed by atoms with E-state index in [1.807, 2.05) is 0 Å². The minimum atomic E-state index is -2.79. The van der Waals surface area contributed by atoms with Crippen LogP contribution >= 0.6 is 0 Å². The molecule has 0 spiro atoms. The van der Waals surface area contributed by atoms with Crippen molar-refractivity contribution in [2.75, 3.05) is 18.1 Å². The Labute approximate surface area is 95.8 Å². The number of hydrogen-bond acceptors (Lipinski definition) is 5. The molecule has 0 radical (unpaired) electrons. The first kappa shape index (κ1) is 13.2. The number of hydrogen-bond donors (Lipinski definition) is 3. The molecule has 1 unspecified atom stereocenters. The third-order valence-corrected chi connectivity index (χ3v) is 4.42. The van der Waals surface area contributed by atoms with Crippen LogP contribution in [0.15, 0.2) is 5.16 Å². The molecule has 1 aliphatic rings. The summed E-state index contributed by atoms with van der Waals surface area (Å²) >= 11 is 0. The Balaban J connectivity index is 2.04. The van der Waals surface area contributed by atoms with E-state index in [4.69, 9.17) is 10.9 Å². The minimum absolute atomic E-state index is 0.105. The number of rotatable bonds is 6. The fourth-order valence-corrected chi connectivity index (χ4v) is 3.45. The molecule has 1 fully saturated rings. The number of sulfone groups is 1. The fraction of sp³-hybridized carbons (Fsp3) is 0.889. The maximum absolute atomic E-state index is 11.2. The molecule has 1 saturated heterocycles. The molecule has 6 nitrogen and oxygen atoms in total. The van der Waals surface area contributed by atoms with Gasteiger partial charge in [0.25, 0.3) is 0 Å². The van der Waals surface area contributed by atoms with Gasteiger partial charge < -0.3 is 16.3 Å². The average molecular weight is 249 g/mol. The summed E-state index contributed by atoms with van der Waals surface area (Å²) in [6.45, 7) is 0.777. The van der Waals surface area contributed by atoms with Crippen molar-refractivity contribution >= 4 is 15.7 Å². The van der Waals surface area contributed by atoms with Gasteiger partial charge >= 0.3 is 0 Å². The Morgan fingerprint density at radius 3 is 2.81 bits per heavy atom. The molecule has 0 aliphatic carbocycles. The van der Waals surface area contributed by atoms with Crippen LogP contribution in [0.3, 0.4) is 0 Å². The summed E-state index contributed by atoms with van der Waals surface area (Å²) in [5.74, 6) is 0.797. The quantitative estimate of drug-likeness (QED) is 0.197. The Morgan fingerprint density at radius 1 is 1.50 bits per heavy atom. The van der Waals surface area contributed by atoms with Gasteiger partial charge in [-0.2, -0.15) is 0 Å². The molecule has 0 aromatic heterocycles. The van der Waals surface area contributed by atoms with E-state index in [2.05, 4.69) is 10.5 Å². The van der Waals surface area contributed by atoms with Crippen molar-refractivity contribution in [2.45, 2.75) is 31.7 Å². The molecule has 4 N–H and O–H groups in total. The van der Waals surface area contributed by atoms with Crippen molar-refractivity contribution in [3.63, 3.8) is 0 Å². The number of unbranched alkanes of at least 4 members (excludes halogenated alkanes) is 1. The van der Waals surface area contributed by atoms with Crippen molar-refractivity contribution < 1.29 is 13.6 Å². The number of amidine groups is 1. The van der Waals surface area contributed by atoms with E-state index in [0.717, 1.165) is 19.4 Å². The van der Waals surface area contributed by atoms with Gasteiger partial charge in [0.2, 0.25) is 0 Å². The lowest BCUT2D eigenvalue weighted by Gasteiger charge is -2.09. The lowest BCUT2D eigenvalue weighted by atomic mass is 10.2. The topological polar surface area (TPSA) is 105 Å². The first-order chi connectivity index (χ1) is 7.53. The maximum atomic E-state index is 11.2. The molecule has 94 valence electrons. The van der Waals surface area contributed by atoms with Crippen LogP contribution < -0.4 is 11.1 Å². The highest BCUT2D eigenvalue weighted by atomic mass is 32.2. The molecule has 16 heavy (non-hydrogen) atoms. The molecule has 1 atom stereocenters. The predicted molar refractivity (Wildman–Crippen MR) is 62.3 cm³/mol. The van der Waals surface area contributed by atoms with Crippen LogP contribution in [-0.2, 0) is 9.84 Å². The standard InChI is InChI=1S/C9H19N3O3S/c10-9(12-13)3-1-2-5-11-8-4-6-16(14,15)7-8/h8,11,13H,1-7H2,(H2,10,12). The first-order valence-electron chi connectivity index (χ1n) is 5.44. The number of nitrogens with two attached hydrogens (primary N) is 1. The fourth-order valence-electron chi connectivity index (χ4n) is 1.74. The summed E-state index contributed by atoms with van der Waals surface area (Å²) in [7, 11) is -2.79. The minimum Gasteiger partial charge on any atom is -0.409 e. The number of nitrogens with zero attached hydrogens (tertiary/aromatic N) is 1. The van der Waals surface area contributed by atoms with E-state index in [1.165, 1.54) is 0 Å². The second-order valence-electron chi connectivity index (χ2n) is 4.10. The molecular weight excluding hydrogens is 230 g/mol. The molecule has 0 aromatic rings. The normalized spacial score (nSPS) is 24.8. The van der Waals surface area contributed by atoms with Gasteiger partial charge in [0.1, 0.15) is 5.84 Å². The molecule has 0 saturated carbocycles. The van der Waals surface area contributed by atoms with Crippen LogP contribution in [0.2, 0.25) is 0 Å². The molecule has 0 aromatic carbocycles. The molecule has 1 rings (SSSR count). The van der Waals surface area contributed by atoms with Crippen LogP contribution in [0.25, 0.3) is 0 Å². The van der Waals surface area contributed by atoms with Gasteiger partial charge in [-0.05, 0) is 25.8 Å². The van der Waals surface area contributed by atoms with E-state index in [-0.39, 0.29) is 17.6 Å². The van der Waals surface area contributed by atoms with Gasteiger partial charge in [0, 0.05) is 12.5 Å². The molecule has 0 amide bonds. The zero-order chi connectivity index (χ0) is 12.0. The van der Waals surface area contributed by atoms with Crippen molar-refractivity contribution in [1.29, 1.82) is 0 Å². The van der Waals surface area contributed by atoms with Gasteiger partial charge in [-0.25, -0.2) is 8.42 Å². The third kappa shape index (κ3) is 4.80. The van der Waals surface area contributed by atoms with Gasteiger partial charge in [0.05, 0.1) is 11.5 Å². The second kappa shape index (κ2) is 6.05. The highest BCUT2D eigenvalue weighted by Gasteiger charge is 2.26. The van der Waals surface area contributed by atoms with Gasteiger partial charge in [-0.1, -0.05) is 5.16 Å². The molecule has 0 bridgehead atoms. The summed E-state index contributed by atoms with van der Waals surface area (Å²) < 4.78 is 22.3. The Morgan fingerprint density at radius 2 is 2.25 bits per heavy atom. The smallest absolute Gasteiger partial charge is 0.151 e. The molecule has 7 heteroatoms. The first-order valence-corrected chi connectivity index (χ1v) is 7.26. The third-order valence-electron chi connectivity index (χ3n) is 2.65. The summed E-state index contributed by atoms with van der Waals surface area (Å²) in [6.07, 6.45) is 3.01. The summed E-state index contributed by atoms with van der Waals surface area (Å²) in [6, 6.07) is 0.105. The van der Waals surface area contributed by atoms with E-state index in [1.54, 1.807) is 0 Å². The monoisotopic (exact) mass is 249 g/mol. The largest absolute Gasteiger partial charge is 0.409 e. The Hall–Kier alpha value is -0.820. The van der Waals surface area contributed by atoms with E-state index >= 15 is 0 Å². The summed E-state index contributed by atoms with van der Waals surface area (Å²) in [5, 5.41) is 14.4. The lowest BCUT2D eigenvalue weighted by molar-refractivity contribution is 0.316. The van der Waals surface area contributed by atoms with E-state index in [0.29, 0.717) is 18.6 Å². The van der Waals surface area contributed by atoms with Gasteiger partial charge in [-0.3, -0.25) is 0 Å². The molecule has 1 aliphatic heterocycles. The summed E-state index contributed by atoms with van der Waals surface area (Å²) in [4.78, 5) is 0. The van der Waals surface area contributed by atoms with Crippen LogP contribution in [0.4, 0.5) is 0 Å². The Bertz CT molecular complexity index is 340. The van der Waals surface area contributed by atoms with Crippen LogP contribution in [0, 0.1) is 0 Å². The molecule has 1 heterocycles. The maximum Gasteiger partial charge on any atom is 0.151 e. The predicted octanol–water partition coefficient (Wildman–Crippen LogP) is -0.320. The highest BCUT2D eigenvalue weighted by molar-refractivity contribution is 7.91. The van der Waals surface area contributed by atoms with Crippen molar-refractivity contribution in [1.82, 2.24) is 5.32 Å². The van der Waals surface area contributed by atoms with Crippen LogP contribution in [-0.4, -0.2) is 43.6 Å². The number of nitrogens with one attached hydrogen (secondary N) is 1. The average Bonchev–Trinajstić information content (AvgIpc) is 2.57. The molecular formula is C9H19N3O3S.